The molecule has 0 N–H and O–H groups in total. The fourth-order valence-electron chi connectivity index (χ4n) is 2.49. The molecule has 0 bridgehead atoms. The Morgan fingerprint density at radius 2 is 1.82 bits per heavy atom. The molecule has 0 aliphatic heterocycles. The van der Waals surface area contributed by atoms with E-state index in [-0.39, 0.29) is 5.41 Å². The van der Waals surface area contributed by atoms with Gasteiger partial charge in [-0.1, -0.05) is 36.4 Å². The number of benzene rings is 1. The second-order valence-corrected chi connectivity index (χ2v) is 4.52. The second kappa shape index (κ2) is 4.97. The molecule has 0 spiro atoms. The van der Waals surface area contributed by atoms with Crippen LogP contribution in [-0.4, -0.2) is 5.78 Å². The number of hydrogen-bond donors (Lipinski definition) is 0. The van der Waals surface area contributed by atoms with Gasteiger partial charge in [0.1, 0.15) is 5.78 Å². The summed E-state index contributed by atoms with van der Waals surface area (Å²) in [7, 11) is 0. The molecule has 86 valence electrons. The summed E-state index contributed by atoms with van der Waals surface area (Å²) in [5.74, 6) is 0.335. The zero-order chi connectivity index (χ0) is 12.1. The van der Waals surface area contributed by atoms with Gasteiger partial charge in [-0.3, -0.25) is 4.79 Å². The Balaban J connectivity index is 2.35. The number of rotatable bonds is 2. The van der Waals surface area contributed by atoms with Gasteiger partial charge in [-0.2, -0.15) is 5.26 Å². The Bertz CT molecular complexity index is 457. The third-order valence-corrected chi connectivity index (χ3v) is 3.53. The number of hydrogen-bond acceptors (Lipinski definition) is 2. The van der Waals surface area contributed by atoms with Crippen LogP contribution < -0.4 is 0 Å². The molecule has 17 heavy (non-hydrogen) atoms. The molecule has 1 aliphatic rings. The second-order valence-electron chi connectivity index (χ2n) is 4.52. The maximum atomic E-state index is 11.4. The van der Waals surface area contributed by atoms with Crippen molar-refractivity contribution in [1.29, 1.82) is 5.26 Å². The molecule has 1 aromatic rings. The van der Waals surface area contributed by atoms with Gasteiger partial charge in [-0.15, -0.1) is 0 Å². The smallest absolute Gasteiger partial charge is 0.133 e. The highest BCUT2D eigenvalue weighted by Crippen LogP contribution is 2.39. The zero-order valence-electron chi connectivity index (χ0n) is 9.73. The molecule has 2 rings (SSSR count). The third kappa shape index (κ3) is 2.45. The van der Waals surface area contributed by atoms with Crippen molar-refractivity contribution in [1.82, 2.24) is 0 Å². The molecule has 2 heteroatoms. The number of carbonyl (C=O) groups is 1. The summed E-state index contributed by atoms with van der Waals surface area (Å²) in [6, 6.07) is 12.2. The topological polar surface area (TPSA) is 40.9 Å². The summed E-state index contributed by atoms with van der Waals surface area (Å²) in [6.07, 6.45) is 6.37. The average molecular weight is 225 g/mol. The maximum absolute atomic E-state index is 11.4. The van der Waals surface area contributed by atoms with Gasteiger partial charge in [0.2, 0.25) is 0 Å². The van der Waals surface area contributed by atoms with Crippen molar-refractivity contribution in [3.05, 3.63) is 48.0 Å². The molecule has 1 aliphatic carbocycles. The lowest BCUT2D eigenvalue weighted by Crippen LogP contribution is -2.29. The fourth-order valence-corrected chi connectivity index (χ4v) is 2.49. The Kier molecular flexibility index (Phi) is 3.39. The number of carbonyl (C=O) groups excluding carboxylic acids is 1. The first-order chi connectivity index (χ1) is 8.27. The van der Waals surface area contributed by atoms with Crippen LogP contribution in [0.2, 0.25) is 0 Å². The highest BCUT2D eigenvalue weighted by molar-refractivity contribution is 5.79. The molecule has 0 aromatic heterocycles. The summed E-state index contributed by atoms with van der Waals surface area (Å²) in [6.45, 7) is 0. The van der Waals surface area contributed by atoms with Crippen LogP contribution in [0, 0.1) is 11.3 Å². The Hall–Kier alpha value is -1.88. The van der Waals surface area contributed by atoms with E-state index in [4.69, 9.17) is 5.26 Å². The van der Waals surface area contributed by atoms with Gasteiger partial charge >= 0.3 is 0 Å². The van der Waals surface area contributed by atoms with E-state index >= 15 is 0 Å². The SMILES string of the molecule is N#C/C=C/C1(c2ccccc2)CCC(=O)CC1. The van der Waals surface area contributed by atoms with Crippen molar-refractivity contribution in [2.24, 2.45) is 0 Å². The molecule has 0 radical (unpaired) electrons. The molecule has 0 amide bonds. The Morgan fingerprint density at radius 3 is 2.41 bits per heavy atom. The van der Waals surface area contributed by atoms with Crippen molar-refractivity contribution in [3.63, 3.8) is 0 Å². The minimum Gasteiger partial charge on any atom is -0.300 e. The van der Waals surface area contributed by atoms with Gasteiger partial charge in [0, 0.05) is 24.3 Å². The quantitative estimate of drug-likeness (QED) is 0.725. The molecule has 0 saturated heterocycles. The molecule has 1 saturated carbocycles. The van der Waals surface area contributed by atoms with E-state index in [1.165, 1.54) is 5.56 Å². The van der Waals surface area contributed by atoms with Gasteiger partial charge in [-0.05, 0) is 18.4 Å². The largest absolute Gasteiger partial charge is 0.300 e. The predicted molar refractivity (Wildman–Crippen MR) is 66.3 cm³/mol. The standard InChI is InChI=1S/C15H15NO/c16-12-4-9-15(10-7-14(17)8-11-15)13-5-2-1-3-6-13/h1-6,9H,7-8,10-11H2/b9-4+. The number of ketones is 1. The van der Waals surface area contributed by atoms with Crippen LogP contribution in [0.3, 0.4) is 0 Å². The Morgan fingerprint density at radius 1 is 1.18 bits per heavy atom. The van der Waals surface area contributed by atoms with Gasteiger partial charge in [0.25, 0.3) is 0 Å². The highest BCUT2D eigenvalue weighted by Gasteiger charge is 2.33. The number of nitriles is 1. The highest BCUT2D eigenvalue weighted by atomic mass is 16.1. The molecule has 2 nitrogen and oxygen atoms in total. The van der Waals surface area contributed by atoms with Crippen LogP contribution in [-0.2, 0) is 10.2 Å². The van der Waals surface area contributed by atoms with Crippen LogP contribution >= 0.6 is 0 Å². The molecule has 1 aromatic carbocycles. The maximum Gasteiger partial charge on any atom is 0.133 e. The molecule has 0 atom stereocenters. The van der Waals surface area contributed by atoms with Crippen LogP contribution in [0.15, 0.2) is 42.5 Å². The van der Waals surface area contributed by atoms with Crippen molar-refractivity contribution in [2.45, 2.75) is 31.1 Å². The number of nitrogens with zero attached hydrogens (tertiary/aromatic N) is 1. The van der Waals surface area contributed by atoms with E-state index in [1.54, 1.807) is 6.08 Å². The van der Waals surface area contributed by atoms with Crippen LogP contribution in [0.1, 0.15) is 31.2 Å². The average Bonchev–Trinajstić information content (AvgIpc) is 2.40. The lowest BCUT2D eigenvalue weighted by Gasteiger charge is -2.34. The summed E-state index contributed by atoms with van der Waals surface area (Å²) in [5, 5.41) is 8.71. The Labute approximate surface area is 102 Å². The van der Waals surface area contributed by atoms with E-state index in [0.717, 1.165) is 12.8 Å². The summed E-state index contributed by atoms with van der Waals surface area (Å²) < 4.78 is 0. The minimum atomic E-state index is -0.120. The summed E-state index contributed by atoms with van der Waals surface area (Å²) >= 11 is 0. The van der Waals surface area contributed by atoms with E-state index in [0.29, 0.717) is 18.6 Å². The molecular formula is C15H15NO. The first-order valence-electron chi connectivity index (χ1n) is 5.91. The van der Waals surface area contributed by atoms with Crippen LogP contribution in [0.4, 0.5) is 0 Å². The minimum absolute atomic E-state index is 0.120. The molecule has 0 heterocycles. The van der Waals surface area contributed by atoms with Crippen molar-refractivity contribution >= 4 is 5.78 Å². The molecule has 1 fully saturated rings. The first kappa shape index (κ1) is 11.6. The summed E-state index contributed by atoms with van der Waals surface area (Å²) in [4.78, 5) is 11.4. The van der Waals surface area contributed by atoms with Gasteiger partial charge in [-0.25, -0.2) is 0 Å². The van der Waals surface area contributed by atoms with E-state index < -0.39 is 0 Å². The lowest BCUT2D eigenvalue weighted by molar-refractivity contribution is -0.121. The monoisotopic (exact) mass is 225 g/mol. The van der Waals surface area contributed by atoms with Crippen LogP contribution in [0.5, 0.6) is 0 Å². The number of allylic oxidation sites excluding steroid dienone is 2. The first-order valence-corrected chi connectivity index (χ1v) is 5.91. The van der Waals surface area contributed by atoms with E-state index in [1.807, 2.05) is 24.3 Å². The van der Waals surface area contributed by atoms with E-state index in [2.05, 4.69) is 18.2 Å². The zero-order valence-corrected chi connectivity index (χ0v) is 9.73. The third-order valence-electron chi connectivity index (χ3n) is 3.53. The summed E-state index contributed by atoms with van der Waals surface area (Å²) in [5.41, 5.74) is 1.09. The van der Waals surface area contributed by atoms with Crippen molar-refractivity contribution in [3.8, 4) is 6.07 Å². The predicted octanol–water partition coefficient (Wildman–Crippen LogP) is 3.15. The fraction of sp³-hybridized carbons (Fsp3) is 0.333. The van der Waals surface area contributed by atoms with Gasteiger partial charge < -0.3 is 0 Å². The van der Waals surface area contributed by atoms with E-state index in [9.17, 15) is 4.79 Å². The van der Waals surface area contributed by atoms with Crippen molar-refractivity contribution in [2.75, 3.05) is 0 Å². The number of Topliss-reactive ketones (excluding diaryl/α,β-unsaturated/α-hetero) is 1. The normalized spacial score (nSPS) is 19.1. The van der Waals surface area contributed by atoms with Crippen LogP contribution in [0.25, 0.3) is 0 Å². The van der Waals surface area contributed by atoms with Gasteiger partial charge in [0.05, 0.1) is 6.07 Å². The molecule has 0 unspecified atom stereocenters. The van der Waals surface area contributed by atoms with Crippen molar-refractivity contribution < 1.29 is 4.79 Å². The van der Waals surface area contributed by atoms with Gasteiger partial charge in [0.15, 0.2) is 0 Å². The molecular weight excluding hydrogens is 210 g/mol. The lowest BCUT2D eigenvalue weighted by atomic mass is 9.69.